The zero-order valence-corrected chi connectivity index (χ0v) is 19.2. The van der Waals surface area contributed by atoms with Gasteiger partial charge in [-0.3, -0.25) is 4.90 Å². The molecule has 9 nitrogen and oxygen atoms in total. The summed E-state index contributed by atoms with van der Waals surface area (Å²) in [6.45, 7) is 1.13. The number of hydrogen-bond acceptors (Lipinski definition) is 6. The molecule has 0 unspecified atom stereocenters. The smallest absolute Gasteiger partial charge is 0.326 e. The van der Waals surface area contributed by atoms with Crippen LogP contribution in [0.15, 0.2) is 42.5 Å². The molecule has 1 N–H and O–H groups in total. The van der Waals surface area contributed by atoms with Gasteiger partial charge in [0.05, 0.1) is 27.9 Å². The lowest BCUT2D eigenvalue weighted by Crippen LogP contribution is -2.35. The van der Waals surface area contributed by atoms with E-state index in [1.165, 1.54) is 6.42 Å². The highest BCUT2D eigenvalue weighted by Gasteiger charge is 2.23. The van der Waals surface area contributed by atoms with Gasteiger partial charge in [0.15, 0.2) is 17.3 Å². The first-order valence-electron chi connectivity index (χ1n) is 11.0. The molecule has 33 heavy (non-hydrogen) atoms. The second-order valence-corrected chi connectivity index (χ2v) is 7.78. The van der Waals surface area contributed by atoms with E-state index in [-0.39, 0.29) is 12.6 Å². The Morgan fingerprint density at radius 2 is 1.76 bits per heavy atom. The molecule has 0 radical (unpaired) electrons. The predicted molar refractivity (Wildman–Crippen MR) is 125 cm³/mol. The lowest BCUT2D eigenvalue weighted by atomic mass is 10.2. The second kappa shape index (κ2) is 10.2. The summed E-state index contributed by atoms with van der Waals surface area (Å²) in [5.74, 6) is 3.58. The highest BCUT2D eigenvalue weighted by atomic mass is 16.5. The number of aryl methyl sites for hydroxylation is 1. The molecule has 2 aromatic carbocycles. The second-order valence-electron chi connectivity index (χ2n) is 7.78. The van der Waals surface area contributed by atoms with E-state index in [0.717, 1.165) is 43.2 Å². The summed E-state index contributed by atoms with van der Waals surface area (Å²) in [6, 6.07) is 12.3. The van der Waals surface area contributed by atoms with Gasteiger partial charge in [0.1, 0.15) is 11.6 Å². The van der Waals surface area contributed by atoms with Gasteiger partial charge in [-0.2, -0.15) is 0 Å². The molecule has 1 aliphatic heterocycles. The quantitative estimate of drug-likeness (QED) is 0.577. The Morgan fingerprint density at radius 3 is 2.48 bits per heavy atom. The Labute approximate surface area is 193 Å². The van der Waals surface area contributed by atoms with E-state index in [0.29, 0.717) is 22.9 Å². The number of ether oxygens (including phenoxy) is 3. The van der Waals surface area contributed by atoms with Gasteiger partial charge in [0.25, 0.3) is 0 Å². The topological polar surface area (TPSA) is 90.7 Å². The summed E-state index contributed by atoms with van der Waals surface area (Å²) in [7, 11) is 4.76. The van der Waals surface area contributed by atoms with Gasteiger partial charge in [-0.1, -0.05) is 6.42 Å². The lowest BCUT2D eigenvalue weighted by molar-refractivity contribution is 0.256. The van der Waals surface area contributed by atoms with E-state index in [1.807, 2.05) is 6.07 Å². The number of fused-ring (bicyclic) bond motifs is 1. The number of urea groups is 1. The molecule has 0 atom stereocenters. The van der Waals surface area contributed by atoms with Crippen LogP contribution in [0.25, 0.3) is 0 Å². The lowest BCUT2D eigenvalue weighted by Gasteiger charge is -2.24. The number of nitrogens with one attached hydrogen (secondary N) is 1. The molecule has 0 bridgehead atoms. The normalized spacial score (nSPS) is 12.9. The van der Waals surface area contributed by atoms with Crippen LogP contribution < -0.4 is 24.4 Å². The number of hydrogen-bond donors (Lipinski definition) is 1. The molecule has 4 rings (SSSR count). The Morgan fingerprint density at radius 1 is 0.970 bits per heavy atom. The van der Waals surface area contributed by atoms with E-state index in [1.54, 1.807) is 62.6 Å². The van der Waals surface area contributed by atoms with Crippen molar-refractivity contribution in [2.45, 2.75) is 38.8 Å². The molecule has 0 aliphatic carbocycles. The summed E-state index contributed by atoms with van der Waals surface area (Å²) in [5, 5.41) is 11.8. The Hall–Kier alpha value is -3.75. The summed E-state index contributed by atoms with van der Waals surface area (Å²) in [4.78, 5) is 15.1. The third-order valence-electron chi connectivity index (χ3n) is 5.75. The highest BCUT2D eigenvalue weighted by Crippen LogP contribution is 2.32. The van der Waals surface area contributed by atoms with Crippen molar-refractivity contribution in [2.75, 3.05) is 31.5 Å². The van der Waals surface area contributed by atoms with Crippen LogP contribution in [-0.2, 0) is 19.5 Å². The number of carbonyl (C=O) groups excluding carboxylic acids is 1. The van der Waals surface area contributed by atoms with Gasteiger partial charge in [0, 0.05) is 30.4 Å². The highest BCUT2D eigenvalue weighted by molar-refractivity contribution is 6.01. The Balaban J connectivity index is 1.66. The van der Waals surface area contributed by atoms with Crippen molar-refractivity contribution in [3.8, 4) is 17.2 Å². The summed E-state index contributed by atoms with van der Waals surface area (Å²) >= 11 is 0. The van der Waals surface area contributed by atoms with Crippen LogP contribution in [0.3, 0.4) is 0 Å². The molecule has 3 aromatic rings. The van der Waals surface area contributed by atoms with Gasteiger partial charge in [-0.05, 0) is 49.2 Å². The number of anilines is 2. The van der Waals surface area contributed by atoms with Crippen molar-refractivity contribution in [1.29, 1.82) is 0 Å². The molecule has 0 saturated heterocycles. The monoisotopic (exact) mass is 451 g/mol. The van der Waals surface area contributed by atoms with Crippen LogP contribution in [0.4, 0.5) is 16.2 Å². The number of benzene rings is 2. The molecular formula is C24H29N5O4. The van der Waals surface area contributed by atoms with Crippen LogP contribution in [0.2, 0.25) is 0 Å². The number of methoxy groups -OCH3 is 3. The maximum Gasteiger partial charge on any atom is 0.326 e. The third kappa shape index (κ3) is 5.02. The molecule has 9 heteroatoms. The maximum atomic E-state index is 13.4. The zero-order valence-electron chi connectivity index (χ0n) is 19.2. The van der Waals surface area contributed by atoms with Crippen LogP contribution in [-0.4, -0.2) is 42.1 Å². The van der Waals surface area contributed by atoms with Crippen LogP contribution in [0, 0.1) is 0 Å². The standard InChI is InChI=1S/C24H29N5O4/c1-31-19-11-8-17(9-12-19)25-24(30)29(18-10-13-20(32-2)21(15-18)33-3)16-23-27-26-22-7-5-4-6-14-28(22)23/h8-13,15H,4-7,14,16H2,1-3H3,(H,25,30). The number of carbonyl (C=O) groups is 1. The minimum atomic E-state index is -0.293. The first kappa shape index (κ1) is 22.4. The molecule has 0 fully saturated rings. The number of rotatable bonds is 7. The maximum absolute atomic E-state index is 13.4. The zero-order chi connectivity index (χ0) is 23.2. The largest absolute Gasteiger partial charge is 0.497 e. The van der Waals surface area contributed by atoms with E-state index in [2.05, 4.69) is 20.1 Å². The van der Waals surface area contributed by atoms with Gasteiger partial charge < -0.3 is 24.1 Å². The van der Waals surface area contributed by atoms with Gasteiger partial charge >= 0.3 is 6.03 Å². The summed E-state index contributed by atoms with van der Waals surface area (Å²) in [6.07, 6.45) is 4.25. The van der Waals surface area contributed by atoms with Crippen molar-refractivity contribution >= 4 is 17.4 Å². The van der Waals surface area contributed by atoms with Crippen LogP contribution in [0.1, 0.15) is 30.9 Å². The first-order valence-corrected chi connectivity index (χ1v) is 11.0. The molecule has 2 heterocycles. The number of aromatic nitrogens is 3. The average Bonchev–Trinajstić information content (AvgIpc) is 3.07. The van der Waals surface area contributed by atoms with Gasteiger partial charge in [0.2, 0.25) is 0 Å². The molecular weight excluding hydrogens is 422 g/mol. The van der Waals surface area contributed by atoms with Crippen molar-refractivity contribution in [2.24, 2.45) is 0 Å². The fourth-order valence-electron chi connectivity index (χ4n) is 3.94. The fraction of sp³-hybridized carbons (Fsp3) is 0.375. The fourth-order valence-corrected chi connectivity index (χ4v) is 3.94. The van der Waals surface area contributed by atoms with Crippen LogP contribution >= 0.6 is 0 Å². The Bertz CT molecular complexity index is 1100. The summed E-state index contributed by atoms with van der Waals surface area (Å²) < 4.78 is 18.2. The van der Waals surface area contributed by atoms with Crippen molar-refractivity contribution in [3.63, 3.8) is 0 Å². The molecule has 1 aliphatic rings. The third-order valence-corrected chi connectivity index (χ3v) is 5.75. The van der Waals surface area contributed by atoms with E-state index in [9.17, 15) is 4.79 Å². The molecule has 1 aromatic heterocycles. The molecule has 0 spiro atoms. The number of nitrogens with zero attached hydrogens (tertiary/aromatic N) is 4. The predicted octanol–water partition coefficient (Wildman–Crippen LogP) is 4.27. The van der Waals surface area contributed by atoms with E-state index < -0.39 is 0 Å². The van der Waals surface area contributed by atoms with Crippen molar-refractivity contribution in [3.05, 3.63) is 54.1 Å². The minimum Gasteiger partial charge on any atom is -0.497 e. The summed E-state index contributed by atoms with van der Waals surface area (Å²) in [5.41, 5.74) is 1.32. The Kier molecular flexibility index (Phi) is 6.97. The first-order chi connectivity index (χ1) is 16.1. The molecule has 174 valence electrons. The average molecular weight is 452 g/mol. The molecule has 2 amide bonds. The van der Waals surface area contributed by atoms with E-state index in [4.69, 9.17) is 14.2 Å². The minimum absolute atomic E-state index is 0.268. The molecule has 0 saturated carbocycles. The van der Waals surface area contributed by atoms with Gasteiger partial charge in [-0.25, -0.2) is 4.79 Å². The van der Waals surface area contributed by atoms with Crippen LogP contribution in [0.5, 0.6) is 17.2 Å². The van der Waals surface area contributed by atoms with Gasteiger partial charge in [-0.15, -0.1) is 10.2 Å². The van der Waals surface area contributed by atoms with Crippen molar-refractivity contribution < 1.29 is 19.0 Å². The number of amides is 2. The SMILES string of the molecule is COc1ccc(NC(=O)N(Cc2nnc3n2CCCCC3)c2ccc(OC)c(OC)c2)cc1. The van der Waals surface area contributed by atoms with E-state index >= 15 is 0 Å². The van der Waals surface area contributed by atoms with Crippen molar-refractivity contribution in [1.82, 2.24) is 14.8 Å².